The number of halogens is 2. The van der Waals surface area contributed by atoms with Crippen LogP contribution in [0, 0.1) is 6.92 Å². The Morgan fingerprint density at radius 1 is 1.24 bits per heavy atom. The summed E-state index contributed by atoms with van der Waals surface area (Å²) < 4.78 is 56.1. The monoisotopic (exact) mass is 388 g/mol. The van der Waals surface area contributed by atoms with E-state index in [1.807, 2.05) is 11.4 Å². The molecule has 0 atom stereocenters. The highest BCUT2D eigenvalue weighted by Gasteiger charge is 2.32. The number of nitrogens with one attached hydrogen (secondary N) is 1. The molecule has 12 heteroatoms. The number of anilines is 1. The van der Waals surface area contributed by atoms with E-state index < -0.39 is 27.0 Å². The van der Waals surface area contributed by atoms with Gasteiger partial charge < -0.3 is 0 Å². The Morgan fingerprint density at radius 3 is 2.56 bits per heavy atom. The van der Waals surface area contributed by atoms with Gasteiger partial charge in [-0.15, -0.1) is 16.4 Å². The van der Waals surface area contributed by atoms with Crippen LogP contribution in [0.15, 0.2) is 22.5 Å². The Kier molecular flexibility index (Phi) is 4.33. The molecular weight excluding hydrogens is 374 g/mol. The standard InChI is InChI=1S/C13H14F2N6O2S2/c1-7-9(10(14)15)12(20(2)17-7)25(22,23)19-13-16-11(18-21(13)3)8-5-4-6-24-8/h4-6,10H,1-3H3,(H,16,18,19). The summed E-state index contributed by atoms with van der Waals surface area (Å²) in [6.45, 7) is 1.33. The highest BCUT2D eigenvalue weighted by Crippen LogP contribution is 2.30. The fraction of sp³-hybridized carbons (Fsp3) is 0.308. The molecule has 0 aliphatic heterocycles. The molecule has 0 aliphatic rings. The number of aromatic nitrogens is 5. The zero-order valence-electron chi connectivity index (χ0n) is 13.4. The van der Waals surface area contributed by atoms with Crippen LogP contribution in [-0.4, -0.2) is 33.0 Å². The van der Waals surface area contributed by atoms with Gasteiger partial charge in [0.1, 0.15) is 0 Å². The molecule has 3 aromatic heterocycles. The Hall–Kier alpha value is -2.34. The lowest BCUT2D eigenvalue weighted by Crippen LogP contribution is -2.20. The van der Waals surface area contributed by atoms with Gasteiger partial charge in [-0.25, -0.2) is 18.2 Å². The quantitative estimate of drug-likeness (QED) is 0.724. The third-order valence-corrected chi connectivity index (χ3v) is 5.73. The van der Waals surface area contributed by atoms with Crippen LogP contribution >= 0.6 is 11.3 Å². The molecule has 1 N–H and O–H groups in total. The first-order chi connectivity index (χ1) is 11.7. The lowest BCUT2D eigenvalue weighted by atomic mass is 10.3. The Morgan fingerprint density at radius 2 is 1.96 bits per heavy atom. The van der Waals surface area contributed by atoms with Crippen molar-refractivity contribution in [1.29, 1.82) is 0 Å². The highest BCUT2D eigenvalue weighted by atomic mass is 32.2. The highest BCUT2D eigenvalue weighted by molar-refractivity contribution is 7.92. The molecule has 3 aromatic rings. The van der Waals surface area contributed by atoms with E-state index in [2.05, 4.69) is 19.9 Å². The van der Waals surface area contributed by atoms with Crippen molar-refractivity contribution >= 4 is 27.3 Å². The van der Waals surface area contributed by atoms with Gasteiger partial charge in [-0.05, 0) is 18.4 Å². The van der Waals surface area contributed by atoms with Crippen LogP contribution in [0.3, 0.4) is 0 Å². The average Bonchev–Trinajstić information content (AvgIpc) is 3.19. The zero-order valence-corrected chi connectivity index (χ0v) is 15.1. The molecule has 0 amide bonds. The van der Waals surface area contributed by atoms with Gasteiger partial charge >= 0.3 is 0 Å². The number of hydrogen-bond acceptors (Lipinski definition) is 6. The van der Waals surface area contributed by atoms with E-state index in [-0.39, 0.29) is 11.6 Å². The minimum Gasteiger partial charge on any atom is -0.255 e. The SMILES string of the molecule is Cc1nn(C)c(S(=O)(=O)Nc2nc(-c3cccs3)nn2C)c1C(F)F. The summed E-state index contributed by atoms with van der Waals surface area (Å²) in [4.78, 5) is 4.88. The van der Waals surface area contributed by atoms with Crippen LogP contribution < -0.4 is 4.72 Å². The molecule has 0 fully saturated rings. The van der Waals surface area contributed by atoms with Crippen molar-refractivity contribution in [3.63, 3.8) is 0 Å². The lowest BCUT2D eigenvalue weighted by Gasteiger charge is -2.09. The van der Waals surface area contributed by atoms with Crippen LogP contribution in [0.5, 0.6) is 0 Å². The van der Waals surface area contributed by atoms with Crippen molar-refractivity contribution in [1.82, 2.24) is 24.5 Å². The normalized spacial score (nSPS) is 12.1. The van der Waals surface area contributed by atoms with E-state index in [0.717, 1.165) is 9.56 Å². The second-order valence-corrected chi connectivity index (χ2v) is 7.74. The molecule has 0 spiro atoms. The number of hydrogen-bond donors (Lipinski definition) is 1. The summed E-state index contributed by atoms with van der Waals surface area (Å²) in [5.74, 6) is 0.257. The predicted molar refractivity (Wildman–Crippen MR) is 88.0 cm³/mol. The van der Waals surface area contributed by atoms with Gasteiger partial charge in [-0.2, -0.15) is 18.5 Å². The van der Waals surface area contributed by atoms with Gasteiger partial charge in [0, 0.05) is 14.1 Å². The summed E-state index contributed by atoms with van der Waals surface area (Å²) in [7, 11) is -1.53. The van der Waals surface area contributed by atoms with E-state index in [0.29, 0.717) is 5.82 Å². The Balaban J connectivity index is 2.01. The zero-order chi connectivity index (χ0) is 18.4. The van der Waals surface area contributed by atoms with Gasteiger partial charge in [0.15, 0.2) is 10.9 Å². The summed E-state index contributed by atoms with van der Waals surface area (Å²) in [6.07, 6.45) is -2.97. The van der Waals surface area contributed by atoms with E-state index in [9.17, 15) is 17.2 Å². The molecule has 0 saturated carbocycles. The van der Waals surface area contributed by atoms with Crippen LogP contribution in [0.25, 0.3) is 10.7 Å². The fourth-order valence-corrected chi connectivity index (χ4v) is 4.46. The lowest BCUT2D eigenvalue weighted by molar-refractivity contribution is 0.146. The molecule has 0 bridgehead atoms. The van der Waals surface area contributed by atoms with E-state index in [4.69, 9.17) is 0 Å². The van der Waals surface area contributed by atoms with Gasteiger partial charge in [-0.1, -0.05) is 6.07 Å². The molecule has 134 valence electrons. The molecule has 0 saturated heterocycles. The maximum atomic E-state index is 13.3. The number of aryl methyl sites for hydroxylation is 3. The predicted octanol–water partition coefficient (Wildman–Crippen LogP) is 2.32. The molecule has 0 aliphatic carbocycles. The number of alkyl halides is 2. The van der Waals surface area contributed by atoms with Crippen molar-refractivity contribution in [3.05, 3.63) is 28.8 Å². The molecule has 0 aromatic carbocycles. The van der Waals surface area contributed by atoms with Crippen LogP contribution in [0.4, 0.5) is 14.7 Å². The molecule has 25 heavy (non-hydrogen) atoms. The van der Waals surface area contributed by atoms with Gasteiger partial charge in [-0.3, -0.25) is 4.68 Å². The van der Waals surface area contributed by atoms with E-state index >= 15 is 0 Å². The largest absolute Gasteiger partial charge is 0.281 e. The van der Waals surface area contributed by atoms with Gasteiger partial charge in [0.25, 0.3) is 16.4 Å². The summed E-state index contributed by atoms with van der Waals surface area (Å²) in [5, 5.41) is 9.16. The molecule has 0 unspecified atom stereocenters. The maximum absolute atomic E-state index is 13.3. The number of sulfonamides is 1. The topological polar surface area (TPSA) is 94.7 Å². The molecule has 3 heterocycles. The molecule has 0 radical (unpaired) electrons. The molecule has 3 rings (SSSR count). The summed E-state index contributed by atoms with van der Waals surface area (Å²) in [6, 6.07) is 3.60. The summed E-state index contributed by atoms with van der Waals surface area (Å²) in [5.41, 5.74) is -0.675. The van der Waals surface area contributed by atoms with Crippen LogP contribution in [-0.2, 0) is 24.1 Å². The van der Waals surface area contributed by atoms with Gasteiger partial charge in [0.05, 0.1) is 16.1 Å². The first-order valence-corrected chi connectivity index (χ1v) is 9.36. The van der Waals surface area contributed by atoms with Crippen molar-refractivity contribution in [3.8, 4) is 10.7 Å². The second kappa shape index (κ2) is 6.19. The van der Waals surface area contributed by atoms with E-state index in [1.165, 1.54) is 37.0 Å². The van der Waals surface area contributed by atoms with Crippen molar-refractivity contribution < 1.29 is 17.2 Å². The van der Waals surface area contributed by atoms with Crippen molar-refractivity contribution in [2.45, 2.75) is 18.4 Å². The number of rotatable bonds is 5. The average molecular weight is 388 g/mol. The smallest absolute Gasteiger partial charge is 0.255 e. The Bertz CT molecular complexity index is 1010. The van der Waals surface area contributed by atoms with Crippen molar-refractivity contribution in [2.75, 3.05) is 4.72 Å². The van der Waals surface area contributed by atoms with Crippen LogP contribution in [0.2, 0.25) is 0 Å². The fourth-order valence-electron chi connectivity index (χ4n) is 2.38. The maximum Gasteiger partial charge on any atom is 0.281 e. The molecule has 8 nitrogen and oxygen atoms in total. The number of thiophene rings is 1. The number of nitrogens with zero attached hydrogens (tertiary/aromatic N) is 5. The Labute approximate surface area is 146 Å². The first-order valence-electron chi connectivity index (χ1n) is 7.00. The van der Waals surface area contributed by atoms with Crippen molar-refractivity contribution in [2.24, 2.45) is 14.1 Å². The van der Waals surface area contributed by atoms with E-state index in [1.54, 1.807) is 6.07 Å². The molecular formula is C13H14F2N6O2S2. The third kappa shape index (κ3) is 3.14. The second-order valence-electron chi connectivity index (χ2n) is 5.19. The van der Waals surface area contributed by atoms with Gasteiger partial charge in [0.2, 0.25) is 5.95 Å². The minimum atomic E-state index is -4.33. The first kappa shape index (κ1) is 17.5. The minimum absolute atomic E-state index is 0.0462. The third-order valence-electron chi connectivity index (χ3n) is 3.42. The van der Waals surface area contributed by atoms with Crippen LogP contribution in [0.1, 0.15) is 17.7 Å². The summed E-state index contributed by atoms with van der Waals surface area (Å²) >= 11 is 1.40.